The highest BCUT2D eigenvalue weighted by atomic mass is 35.5. The van der Waals surface area contributed by atoms with Crippen LogP contribution in [0.3, 0.4) is 0 Å². The summed E-state index contributed by atoms with van der Waals surface area (Å²) in [5.74, 6) is 1.80. The van der Waals surface area contributed by atoms with E-state index in [1.54, 1.807) is 7.11 Å². The van der Waals surface area contributed by atoms with E-state index in [9.17, 15) is 4.79 Å². The summed E-state index contributed by atoms with van der Waals surface area (Å²) in [4.78, 5) is 19.7. The number of hydrogen-bond acceptors (Lipinski definition) is 3. The number of methoxy groups -OCH3 is 1. The van der Waals surface area contributed by atoms with E-state index in [1.165, 1.54) is 0 Å². The lowest BCUT2D eigenvalue weighted by Gasteiger charge is -2.18. The van der Waals surface area contributed by atoms with Crippen LogP contribution in [-0.2, 0) is 11.3 Å². The van der Waals surface area contributed by atoms with Crippen molar-refractivity contribution in [2.45, 2.75) is 18.9 Å². The monoisotopic (exact) mass is 431 g/mol. The zero-order valence-corrected chi connectivity index (χ0v) is 17.9. The van der Waals surface area contributed by atoms with Crippen LogP contribution < -0.4 is 9.64 Å². The first-order valence-electron chi connectivity index (χ1n) is 10.3. The molecule has 5 nitrogen and oxygen atoms in total. The second kappa shape index (κ2) is 8.08. The molecule has 0 bridgehead atoms. The molecule has 0 unspecified atom stereocenters. The third-order valence-corrected chi connectivity index (χ3v) is 6.21. The topological polar surface area (TPSA) is 47.4 Å². The summed E-state index contributed by atoms with van der Waals surface area (Å²) in [6.45, 7) is 1.21. The molecule has 0 radical (unpaired) electrons. The molecule has 31 heavy (non-hydrogen) atoms. The molecule has 0 spiro atoms. The molecule has 3 aromatic carbocycles. The van der Waals surface area contributed by atoms with Crippen LogP contribution in [0.4, 0.5) is 5.69 Å². The van der Waals surface area contributed by atoms with Crippen molar-refractivity contribution in [1.82, 2.24) is 9.55 Å². The van der Waals surface area contributed by atoms with Gasteiger partial charge in [0.2, 0.25) is 5.91 Å². The first-order chi connectivity index (χ1) is 15.1. The zero-order valence-electron chi connectivity index (χ0n) is 17.2. The second-order valence-corrected chi connectivity index (χ2v) is 8.15. The summed E-state index contributed by atoms with van der Waals surface area (Å²) in [7, 11) is 1.63. The van der Waals surface area contributed by atoms with Crippen molar-refractivity contribution < 1.29 is 9.53 Å². The van der Waals surface area contributed by atoms with E-state index in [1.807, 2.05) is 71.6 Å². The molecule has 1 aliphatic rings. The number of halogens is 1. The van der Waals surface area contributed by atoms with Crippen LogP contribution in [0.15, 0.2) is 72.8 Å². The Morgan fingerprint density at radius 2 is 1.77 bits per heavy atom. The number of imidazole rings is 1. The van der Waals surface area contributed by atoms with Crippen molar-refractivity contribution in [3.8, 4) is 5.75 Å². The molecule has 1 aliphatic heterocycles. The van der Waals surface area contributed by atoms with Crippen LogP contribution in [0.1, 0.15) is 23.7 Å². The number of para-hydroxylation sites is 2. The van der Waals surface area contributed by atoms with E-state index in [0.29, 0.717) is 19.5 Å². The number of nitrogens with zero attached hydrogens (tertiary/aromatic N) is 3. The molecule has 0 saturated carbocycles. The van der Waals surface area contributed by atoms with Crippen molar-refractivity contribution in [2.24, 2.45) is 0 Å². The van der Waals surface area contributed by atoms with Gasteiger partial charge in [-0.1, -0.05) is 41.9 Å². The van der Waals surface area contributed by atoms with Crippen molar-refractivity contribution in [2.75, 3.05) is 18.6 Å². The van der Waals surface area contributed by atoms with Gasteiger partial charge in [-0.3, -0.25) is 4.79 Å². The lowest BCUT2D eigenvalue weighted by Crippen LogP contribution is -2.24. The van der Waals surface area contributed by atoms with Gasteiger partial charge in [-0.25, -0.2) is 4.98 Å². The van der Waals surface area contributed by atoms with E-state index in [-0.39, 0.29) is 11.8 Å². The zero-order chi connectivity index (χ0) is 21.4. The van der Waals surface area contributed by atoms with E-state index in [4.69, 9.17) is 21.3 Å². The average Bonchev–Trinajstić information content (AvgIpc) is 3.36. The fourth-order valence-corrected chi connectivity index (χ4v) is 4.46. The molecule has 1 atom stereocenters. The number of hydrogen-bond donors (Lipinski definition) is 0. The Morgan fingerprint density at radius 1 is 1.03 bits per heavy atom. The van der Waals surface area contributed by atoms with Crippen molar-refractivity contribution >= 4 is 34.2 Å². The number of carbonyl (C=O) groups is 1. The summed E-state index contributed by atoms with van der Waals surface area (Å²) >= 11 is 6.45. The molecule has 4 aromatic rings. The SMILES string of the molecule is COc1ccc(N2C[C@@H](c3nc4ccccc4n3Cc3ccccc3Cl)CC2=O)cc1. The number of benzene rings is 3. The average molecular weight is 432 g/mol. The second-order valence-electron chi connectivity index (χ2n) is 7.74. The largest absolute Gasteiger partial charge is 0.497 e. The predicted molar refractivity (Wildman–Crippen MR) is 123 cm³/mol. The van der Waals surface area contributed by atoms with Gasteiger partial charge in [0.1, 0.15) is 11.6 Å². The number of fused-ring (bicyclic) bond motifs is 1. The predicted octanol–water partition coefficient (Wildman–Crippen LogP) is 5.27. The lowest BCUT2D eigenvalue weighted by molar-refractivity contribution is -0.117. The van der Waals surface area contributed by atoms with Gasteiger partial charge in [-0.15, -0.1) is 0 Å². The molecule has 1 aromatic heterocycles. The molecule has 6 heteroatoms. The van der Waals surface area contributed by atoms with Gasteiger partial charge in [0.15, 0.2) is 0 Å². The Morgan fingerprint density at radius 3 is 2.55 bits per heavy atom. The van der Waals surface area contributed by atoms with Crippen LogP contribution in [0.25, 0.3) is 11.0 Å². The number of aromatic nitrogens is 2. The third-order valence-electron chi connectivity index (χ3n) is 5.84. The summed E-state index contributed by atoms with van der Waals surface area (Å²) < 4.78 is 7.44. The number of rotatable bonds is 5. The fourth-order valence-electron chi connectivity index (χ4n) is 4.26. The Hall–Kier alpha value is -3.31. The first-order valence-corrected chi connectivity index (χ1v) is 10.6. The minimum Gasteiger partial charge on any atom is -0.497 e. The Kier molecular flexibility index (Phi) is 5.12. The van der Waals surface area contributed by atoms with Gasteiger partial charge < -0.3 is 14.2 Å². The van der Waals surface area contributed by atoms with Crippen LogP contribution in [0, 0.1) is 0 Å². The normalized spacial score (nSPS) is 16.3. The summed E-state index contributed by atoms with van der Waals surface area (Å²) in [6.07, 6.45) is 0.428. The maximum absolute atomic E-state index is 12.9. The number of carbonyl (C=O) groups excluding carboxylic acids is 1. The molecule has 156 valence electrons. The highest BCUT2D eigenvalue weighted by Gasteiger charge is 2.35. The fraction of sp³-hybridized carbons (Fsp3) is 0.200. The summed E-state index contributed by atoms with van der Waals surface area (Å²) in [6, 6.07) is 23.5. The highest BCUT2D eigenvalue weighted by Crippen LogP contribution is 2.34. The van der Waals surface area contributed by atoms with E-state index in [0.717, 1.165) is 38.9 Å². The molecule has 1 amide bonds. The molecule has 1 fully saturated rings. The van der Waals surface area contributed by atoms with Gasteiger partial charge in [0, 0.05) is 29.6 Å². The number of amides is 1. The minimum atomic E-state index is 0.00416. The number of anilines is 1. The standard InChI is InChI=1S/C25H22ClN3O2/c1-31-20-12-10-19(11-13-20)28-16-18(14-24(28)30)25-27-22-8-4-5-9-23(22)29(25)15-17-6-2-3-7-21(17)26/h2-13,18H,14-16H2,1H3/t18-/m0/s1. The maximum Gasteiger partial charge on any atom is 0.227 e. The summed E-state index contributed by atoms with van der Waals surface area (Å²) in [5.41, 5.74) is 3.89. The van der Waals surface area contributed by atoms with Crippen LogP contribution >= 0.6 is 11.6 Å². The van der Waals surface area contributed by atoms with Gasteiger partial charge >= 0.3 is 0 Å². The summed E-state index contributed by atoms with van der Waals surface area (Å²) in [5, 5.41) is 0.730. The smallest absolute Gasteiger partial charge is 0.227 e. The molecule has 1 saturated heterocycles. The Labute approximate surface area is 185 Å². The highest BCUT2D eigenvalue weighted by molar-refractivity contribution is 6.31. The number of ether oxygens (including phenoxy) is 1. The van der Waals surface area contributed by atoms with Gasteiger partial charge in [0.25, 0.3) is 0 Å². The molecule has 0 N–H and O–H groups in total. The maximum atomic E-state index is 12.9. The van der Waals surface area contributed by atoms with E-state index >= 15 is 0 Å². The van der Waals surface area contributed by atoms with Gasteiger partial charge in [-0.2, -0.15) is 0 Å². The third kappa shape index (κ3) is 3.66. The quantitative estimate of drug-likeness (QED) is 0.432. The molecule has 5 rings (SSSR count). The van der Waals surface area contributed by atoms with E-state index in [2.05, 4.69) is 10.6 Å². The first kappa shape index (κ1) is 19.6. The molecular formula is C25H22ClN3O2. The van der Waals surface area contributed by atoms with Crippen LogP contribution in [-0.4, -0.2) is 29.1 Å². The van der Waals surface area contributed by atoms with Crippen LogP contribution in [0.5, 0.6) is 5.75 Å². The Balaban J connectivity index is 1.51. The van der Waals surface area contributed by atoms with Crippen LogP contribution in [0.2, 0.25) is 5.02 Å². The minimum absolute atomic E-state index is 0.00416. The Bertz CT molecular complexity index is 1250. The van der Waals surface area contributed by atoms with Crippen molar-refractivity contribution in [1.29, 1.82) is 0 Å². The van der Waals surface area contributed by atoms with Crippen molar-refractivity contribution in [3.05, 3.63) is 89.2 Å². The molecular weight excluding hydrogens is 410 g/mol. The van der Waals surface area contributed by atoms with Crippen molar-refractivity contribution in [3.63, 3.8) is 0 Å². The van der Waals surface area contributed by atoms with Gasteiger partial charge in [0.05, 0.1) is 24.7 Å². The lowest BCUT2D eigenvalue weighted by atomic mass is 10.1. The van der Waals surface area contributed by atoms with Gasteiger partial charge in [-0.05, 0) is 48.0 Å². The molecule has 2 heterocycles. The van der Waals surface area contributed by atoms with E-state index < -0.39 is 0 Å². The molecule has 0 aliphatic carbocycles.